The Balaban J connectivity index is 1.58. The number of aryl methyl sites for hydroxylation is 1. The van der Waals surface area contributed by atoms with Gasteiger partial charge in [0.25, 0.3) is 0 Å². The molecule has 1 N–H and O–H groups in total. The van der Waals surface area contributed by atoms with E-state index in [1.54, 1.807) is 0 Å². The minimum Gasteiger partial charge on any atom is -0.487 e. The molecule has 0 amide bonds. The number of halogens is 1. The molecule has 0 atom stereocenters. The van der Waals surface area contributed by atoms with Crippen molar-refractivity contribution < 1.29 is 4.74 Å². The van der Waals surface area contributed by atoms with Crippen LogP contribution in [0, 0.1) is 6.92 Å². The van der Waals surface area contributed by atoms with Crippen LogP contribution in [0.25, 0.3) is 0 Å². The van der Waals surface area contributed by atoms with E-state index in [0.29, 0.717) is 17.7 Å². The second-order valence-corrected chi connectivity index (χ2v) is 6.10. The fraction of sp³-hybridized carbons (Fsp3) is 0.333. The first kappa shape index (κ1) is 14.4. The Bertz CT molecular complexity index is 605. The molecule has 2 aromatic rings. The summed E-state index contributed by atoms with van der Waals surface area (Å²) in [5.41, 5.74) is 3.61. The number of hydrogen-bond acceptors (Lipinski definition) is 2. The topological polar surface area (TPSA) is 21.3 Å². The number of ether oxygens (including phenoxy) is 1. The van der Waals surface area contributed by atoms with Gasteiger partial charge in [0.05, 0.1) is 5.02 Å². The van der Waals surface area contributed by atoms with Crippen LogP contribution in [0.1, 0.15) is 29.5 Å². The monoisotopic (exact) mass is 301 g/mol. The van der Waals surface area contributed by atoms with Gasteiger partial charge in [-0.2, -0.15) is 0 Å². The number of benzene rings is 2. The molecule has 0 spiro atoms. The SMILES string of the molecule is Cc1ccc(COc2ccc(CNC3CC3)cc2Cl)cc1. The van der Waals surface area contributed by atoms with Crippen LogP contribution in [0.15, 0.2) is 42.5 Å². The van der Waals surface area contributed by atoms with Crippen molar-refractivity contribution in [1.29, 1.82) is 0 Å². The predicted molar refractivity (Wildman–Crippen MR) is 86.8 cm³/mol. The van der Waals surface area contributed by atoms with Crippen molar-refractivity contribution in [2.75, 3.05) is 0 Å². The molecule has 0 radical (unpaired) electrons. The van der Waals surface area contributed by atoms with Crippen LogP contribution in [-0.4, -0.2) is 6.04 Å². The molecule has 1 aliphatic rings. The van der Waals surface area contributed by atoms with Crippen LogP contribution in [0.3, 0.4) is 0 Å². The highest BCUT2D eigenvalue weighted by atomic mass is 35.5. The molecule has 0 heterocycles. The van der Waals surface area contributed by atoms with Crippen molar-refractivity contribution in [3.05, 3.63) is 64.2 Å². The Labute approximate surface area is 131 Å². The predicted octanol–water partition coefficient (Wildman–Crippen LogP) is 4.48. The van der Waals surface area contributed by atoms with Gasteiger partial charge in [-0.25, -0.2) is 0 Å². The highest BCUT2D eigenvalue weighted by molar-refractivity contribution is 6.32. The summed E-state index contributed by atoms with van der Waals surface area (Å²) in [6.45, 7) is 3.50. The van der Waals surface area contributed by atoms with Crippen molar-refractivity contribution >= 4 is 11.6 Å². The molecular weight excluding hydrogens is 282 g/mol. The van der Waals surface area contributed by atoms with Gasteiger partial charge in [-0.15, -0.1) is 0 Å². The zero-order valence-corrected chi connectivity index (χ0v) is 13.0. The van der Waals surface area contributed by atoms with Crippen LogP contribution in [0.5, 0.6) is 5.75 Å². The van der Waals surface area contributed by atoms with Crippen molar-refractivity contribution in [3.63, 3.8) is 0 Å². The number of nitrogens with one attached hydrogen (secondary N) is 1. The second-order valence-electron chi connectivity index (χ2n) is 5.69. The highest BCUT2D eigenvalue weighted by Crippen LogP contribution is 2.27. The average molecular weight is 302 g/mol. The molecular formula is C18H20ClNO. The molecule has 0 unspecified atom stereocenters. The summed E-state index contributed by atoms with van der Waals surface area (Å²) >= 11 is 6.30. The van der Waals surface area contributed by atoms with Gasteiger partial charge < -0.3 is 10.1 Å². The quantitative estimate of drug-likeness (QED) is 0.849. The molecule has 1 fully saturated rings. The van der Waals surface area contributed by atoms with E-state index in [4.69, 9.17) is 16.3 Å². The highest BCUT2D eigenvalue weighted by Gasteiger charge is 2.20. The first-order chi connectivity index (χ1) is 10.2. The minimum atomic E-state index is 0.541. The minimum absolute atomic E-state index is 0.541. The zero-order chi connectivity index (χ0) is 14.7. The van der Waals surface area contributed by atoms with Crippen molar-refractivity contribution in [2.24, 2.45) is 0 Å². The summed E-state index contributed by atoms with van der Waals surface area (Å²) in [6.07, 6.45) is 2.59. The molecule has 3 rings (SSSR count). The third-order valence-electron chi connectivity index (χ3n) is 3.68. The molecule has 0 aromatic heterocycles. The van der Waals surface area contributed by atoms with Gasteiger partial charge in [0.2, 0.25) is 0 Å². The van der Waals surface area contributed by atoms with Crippen LogP contribution in [0.2, 0.25) is 5.02 Å². The third kappa shape index (κ3) is 4.23. The molecule has 2 nitrogen and oxygen atoms in total. The lowest BCUT2D eigenvalue weighted by atomic mass is 10.2. The fourth-order valence-corrected chi connectivity index (χ4v) is 2.42. The first-order valence-corrected chi connectivity index (χ1v) is 7.78. The summed E-state index contributed by atoms with van der Waals surface area (Å²) in [4.78, 5) is 0. The van der Waals surface area contributed by atoms with Crippen LogP contribution in [0.4, 0.5) is 0 Å². The number of hydrogen-bond donors (Lipinski definition) is 1. The van der Waals surface area contributed by atoms with Gasteiger partial charge >= 0.3 is 0 Å². The second kappa shape index (κ2) is 6.50. The lowest BCUT2D eigenvalue weighted by Crippen LogP contribution is -2.15. The van der Waals surface area contributed by atoms with E-state index >= 15 is 0 Å². The van der Waals surface area contributed by atoms with Crippen molar-refractivity contribution in [2.45, 2.75) is 39.0 Å². The van der Waals surface area contributed by atoms with Crippen molar-refractivity contribution in [3.8, 4) is 5.75 Å². The maximum Gasteiger partial charge on any atom is 0.138 e. The molecule has 0 saturated heterocycles. The molecule has 2 aromatic carbocycles. The third-order valence-corrected chi connectivity index (χ3v) is 3.98. The van der Waals surface area contributed by atoms with E-state index in [-0.39, 0.29) is 0 Å². The van der Waals surface area contributed by atoms with Gasteiger partial charge in [0, 0.05) is 12.6 Å². The van der Waals surface area contributed by atoms with Gasteiger partial charge in [-0.05, 0) is 43.0 Å². The maximum atomic E-state index is 6.30. The summed E-state index contributed by atoms with van der Waals surface area (Å²) in [7, 11) is 0. The normalized spacial score (nSPS) is 14.2. The standard InChI is InChI=1S/C18H20ClNO/c1-13-2-4-14(5-3-13)12-21-18-9-6-15(10-17(18)19)11-20-16-7-8-16/h2-6,9-10,16,20H,7-8,11-12H2,1H3. The summed E-state index contributed by atoms with van der Waals surface area (Å²) in [5, 5.41) is 4.16. The van der Waals surface area contributed by atoms with Crippen LogP contribution >= 0.6 is 11.6 Å². The van der Waals surface area contributed by atoms with E-state index < -0.39 is 0 Å². The van der Waals surface area contributed by atoms with Crippen LogP contribution < -0.4 is 10.1 Å². The molecule has 1 aliphatic carbocycles. The van der Waals surface area contributed by atoms with E-state index in [0.717, 1.165) is 17.9 Å². The van der Waals surface area contributed by atoms with E-state index in [1.807, 2.05) is 12.1 Å². The van der Waals surface area contributed by atoms with E-state index in [2.05, 4.69) is 42.6 Å². The smallest absolute Gasteiger partial charge is 0.138 e. The summed E-state index contributed by atoms with van der Waals surface area (Å²) < 4.78 is 5.80. The van der Waals surface area contributed by atoms with E-state index in [1.165, 1.54) is 24.0 Å². The number of rotatable bonds is 6. The zero-order valence-electron chi connectivity index (χ0n) is 12.2. The Hall–Kier alpha value is -1.51. The van der Waals surface area contributed by atoms with Crippen LogP contribution in [-0.2, 0) is 13.2 Å². The Morgan fingerprint density at radius 1 is 1.10 bits per heavy atom. The Kier molecular flexibility index (Phi) is 4.47. The van der Waals surface area contributed by atoms with Gasteiger partial charge in [0.1, 0.15) is 12.4 Å². The first-order valence-electron chi connectivity index (χ1n) is 7.41. The van der Waals surface area contributed by atoms with Crippen molar-refractivity contribution in [1.82, 2.24) is 5.32 Å². The fourth-order valence-electron chi connectivity index (χ4n) is 2.17. The maximum absolute atomic E-state index is 6.30. The average Bonchev–Trinajstić information content (AvgIpc) is 3.30. The molecule has 110 valence electrons. The summed E-state index contributed by atoms with van der Waals surface area (Å²) in [5.74, 6) is 0.743. The lowest BCUT2D eigenvalue weighted by Gasteiger charge is -2.10. The molecule has 3 heteroatoms. The van der Waals surface area contributed by atoms with Gasteiger partial charge in [-0.1, -0.05) is 47.5 Å². The molecule has 21 heavy (non-hydrogen) atoms. The van der Waals surface area contributed by atoms with Gasteiger partial charge in [-0.3, -0.25) is 0 Å². The Morgan fingerprint density at radius 3 is 2.48 bits per heavy atom. The summed E-state index contributed by atoms with van der Waals surface area (Å²) in [6, 6.07) is 15.1. The molecule has 1 saturated carbocycles. The Morgan fingerprint density at radius 2 is 1.81 bits per heavy atom. The molecule has 0 bridgehead atoms. The van der Waals surface area contributed by atoms with E-state index in [9.17, 15) is 0 Å². The molecule has 0 aliphatic heterocycles. The lowest BCUT2D eigenvalue weighted by molar-refractivity contribution is 0.306. The largest absolute Gasteiger partial charge is 0.487 e. The van der Waals surface area contributed by atoms with Gasteiger partial charge in [0.15, 0.2) is 0 Å².